The quantitative estimate of drug-likeness (QED) is 0.909. The van der Waals surface area contributed by atoms with Crippen molar-refractivity contribution in [2.75, 3.05) is 19.1 Å². The SMILES string of the molecule is COc1cccc(N(C)C2CCC(C)CC2)c1[C@@H](C)O. The van der Waals surface area contributed by atoms with E-state index in [1.54, 1.807) is 14.0 Å². The lowest BCUT2D eigenvalue weighted by Gasteiger charge is -2.36. The van der Waals surface area contributed by atoms with E-state index in [4.69, 9.17) is 4.74 Å². The zero-order valence-electron chi connectivity index (χ0n) is 13.1. The standard InChI is InChI=1S/C17H27NO2/c1-12-8-10-14(11-9-12)18(3)15-6-5-7-16(20-4)17(15)13(2)19/h5-7,12-14,19H,8-11H2,1-4H3/t12?,13-,14?/m1/s1. The normalized spacial score (nSPS) is 24.2. The average Bonchev–Trinajstić information content (AvgIpc) is 2.46. The summed E-state index contributed by atoms with van der Waals surface area (Å²) in [6.07, 6.45) is 4.53. The lowest BCUT2D eigenvalue weighted by molar-refractivity contribution is 0.194. The molecule has 0 spiro atoms. The van der Waals surface area contributed by atoms with Crippen LogP contribution in [0.1, 0.15) is 51.2 Å². The number of hydrogen-bond acceptors (Lipinski definition) is 3. The van der Waals surface area contributed by atoms with Gasteiger partial charge in [-0.25, -0.2) is 0 Å². The van der Waals surface area contributed by atoms with Crippen LogP contribution < -0.4 is 9.64 Å². The summed E-state index contributed by atoms with van der Waals surface area (Å²) in [7, 11) is 3.80. The van der Waals surface area contributed by atoms with Crippen molar-refractivity contribution in [1.29, 1.82) is 0 Å². The minimum atomic E-state index is -0.522. The number of ether oxygens (including phenoxy) is 1. The first-order valence-electron chi connectivity index (χ1n) is 7.62. The highest BCUT2D eigenvalue weighted by molar-refractivity contribution is 5.60. The van der Waals surface area contributed by atoms with E-state index in [2.05, 4.69) is 24.9 Å². The Labute approximate surface area is 122 Å². The lowest BCUT2D eigenvalue weighted by atomic mass is 9.86. The Hall–Kier alpha value is -1.22. The van der Waals surface area contributed by atoms with Crippen LogP contribution in [-0.2, 0) is 0 Å². The fraction of sp³-hybridized carbons (Fsp3) is 0.647. The monoisotopic (exact) mass is 277 g/mol. The van der Waals surface area contributed by atoms with Crippen molar-refractivity contribution in [2.45, 2.75) is 51.7 Å². The largest absolute Gasteiger partial charge is 0.496 e. The molecule has 0 saturated heterocycles. The van der Waals surface area contributed by atoms with Gasteiger partial charge in [-0.3, -0.25) is 0 Å². The topological polar surface area (TPSA) is 32.7 Å². The Bertz CT molecular complexity index is 437. The second-order valence-corrected chi connectivity index (χ2v) is 6.09. The molecule has 112 valence electrons. The predicted octanol–water partition coefficient (Wildman–Crippen LogP) is 3.76. The highest BCUT2D eigenvalue weighted by Gasteiger charge is 2.25. The summed E-state index contributed by atoms with van der Waals surface area (Å²) in [6, 6.07) is 6.57. The molecule has 2 rings (SSSR count). The van der Waals surface area contributed by atoms with Crippen LogP contribution in [0.3, 0.4) is 0 Å². The van der Waals surface area contributed by atoms with Crippen molar-refractivity contribution in [2.24, 2.45) is 5.92 Å². The highest BCUT2D eigenvalue weighted by atomic mass is 16.5. The third-order valence-electron chi connectivity index (χ3n) is 4.59. The molecule has 20 heavy (non-hydrogen) atoms. The second kappa shape index (κ2) is 6.49. The van der Waals surface area contributed by atoms with Crippen molar-refractivity contribution in [3.63, 3.8) is 0 Å². The molecule has 1 atom stereocenters. The Balaban J connectivity index is 2.27. The summed E-state index contributed by atoms with van der Waals surface area (Å²) < 4.78 is 5.42. The third kappa shape index (κ3) is 3.09. The lowest BCUT2D eigenvalue weighted by Crippen LogP contribution is -2.35. The fourth-order valence-electron chi connectivity index (χ4n) is 3.26. The first-order valence-corrected chi connectivity index (χ1v) is 7.62. The molecule has 0 bridgehead atoms. The number of benzene rings is 1. The van der Waals surface area contributed by atoms with Gasteiger partial charge in [-0.1, -0.05) is 13.0 Å². The van der Waals surface area contributed by atoms with E-state index >= 15 is 0 Å². The maximum absolute atomic E-state index is 10.1. The molecule has 0 unspecified atom stereocenters. The van der Waals surface area contributed by atoms with Gasteiger partial charge in [0.1, 0.15) is 5.75 Å². The molecule has 0 heterocycles. The molecule has 0 amide bonds. The van der Waals surface area contributed by atoms with Gasteiger partial charge in [0.05, 0.1) is 13.2 Å². The van der Waals surface area contributed by atoms with Gasteiger partial charge >= 0.3 is 0 Å². The van der Waals surface area contributed by atoms with E-state index in [1.807, 2.05) is 12.1 Å². The van der Waals surface area contributed by atoms with Gasteiger partial charge in [0.25, 0.3) is 0 Å². The maximum Gasteiger partial charge on any atom is 0.126 e. The number of anilines is 1. The van der Waals surface area contributed by atoms with Crippen LogP contribution in [0.5, 0.6) is 5.75 Å². The summed E-state index contributed by atoms with van der Waals surface area (Å²) in [4.78, 5) is 2.33. The molecule has 0 aromatic heterocycles. The van der Waals surface area contributed by atoms with Crippen LogP contribution in [0.4, 0.5) is 5.69 Å². The van der Waals surface area contributed by atoms with Gasteiger partial charge in [-0.05, 0) is 50.7 Å². The van der Waals surface area contributed by atoms with Crippen molar-refractivity contribution >= 4 is 5.69 Å². The number of methoxy groups -OCH3 is 1. The van der Waals surface area contributed by atoms with E-state index in [0.29, 0.717) is 6.04 Å². The number of hydrogen-bond donors (Lipinski definition) is 1. The van der Waals surface area contributed by atoms with E-state index in [9.17, 15) is 5.11 Å². The van der Waals surface area contributed by atoms with Crippen LogP contribution in [0.15, 0.2) is 18.2 Å². The van der Waals surface area contributed by atoms with Gasteiger partial charge in [-0.15, -0.1) is 0 Å². The zero-order valence-corrected chi connectivity index (χ0v) is 13.1. The molecule has 1 aromatic carbocycles. The van der Waals surface area contributed by atoms with Gasteiger partial charge in [0.15, 0.2) is 0 Å². The minimum absolute atomic E-state index is 0.522. The van der Waals surface area contributed by atoms with E-state index in [0.717, 1.165) is 22.9 Å². The first kappa shape index (κ1) is 15.2. The summed E-state index contributed by atoms with van der Waals surface area (Å²) in [6.45, 7) is 4.14. The Kier molecular flexibility index (Phi) is 4.92. The van der Waals surface area contributed by atoms with Gasteiger partial charge in [-0.2, -0.15) is 0 Å². The van der Waals surface area contributed by atoms with Crippen LogP contribution in [0, 0.1) is 5.92 Å². The first-order chi connectivity index (χ1) is 9.54. The fourth-order valence-corrected chi connectivity index (χ4v) is 3.26. The van der Waals surface area contributed by atoms with E-state index < -0.39 is 6.10 Å². The Morgan fingerprint density at radius 3 is 2.45 bits per heavy atom. The van der Waals surface area contributed by atoms with Crippen LogP contribution in [-0.4, -0.2) is 25.3 Å². The van der Waals surface area contributed by atoms with E-state index in [1.165, 1.54) is 25.7 Å². The molecule has 1 aliphatic carbocycles. The van der Waals surface area contributed by atoms with Crippen LogP contribution in [0.25, 0.3) is 0 Å². The van der Waals surface area contributed by atoms with Crippen LogP contribution in [0.2, 0.25) is 0 Å². The molecule has 0 aliphatic heterocycles. The molecule has 1 N–H and O–H groups in total. The number of aliphatic hydroxyl groups excluding tert-OH is 1. The predicted molar refractivity (Wildman–Crippen MR) is 83.5 cm³/mol. The molecule has 1 aliphatic rings. The minimum Gasteiger partial charge on any atom is -0.496 e. The Morgan fingerprint density at radius 2 is 1.90 bits per heavy atom. The molecule has 1 aromatic rings. The number of aliphatic hydroxyl groups is 1. The maximum atomic E-state index is 10.1. The summed E-state index contributed by atoms with van der Waals surface area (Å²) in [5, 5.41) is 10.1. The number of nitrogens with zero attached hydrogens (tertiary/aromatic N) is 1. The zero-order chi connectivity index (χ0) is 14.7. The van der Waals surface area contributed by atoms with Crippen molar-refractivity contribution < 1.29 is 9.84 Å². The van der Waals surface area contributed by atoms with Crippen molar-refractivity contribution in [3.05, 3.63) is 23.8 Å². The second-order valence-electron chi connectivity index (χ2n) is 6.09. The molecule has 3 heteroatoms. The van der Waals surface area contributed by atoms with Gasteiger partial charge in [0, 0.05) is 24.3 Å². The molecule has 0 radical (unpaired) electrons. The van der Waals surface area contributed by atoms with Gasteiger partial charge in [0.2, 0.25) is 0 Å². The molecular formula is C17H27NO2. The average molecular weight is 277 g/mol. The van der Waals surface area contributed by atoms with Crippen molar-refractivity contribution in [3.8, 4) is 5.75 Å². The molecule has 3 nitrogen and oxygen atoms in total. The van der Waals surface area contributed by atoms with Crippen LogP contribution >= 0.6 is 0 Å². The number of rotatable bonds is 4. The van der Waals surface area contributed by atoms with Gasteiger partial charge < -0.3 is 14.7 Å². The van der Waals surface area contributed by atoms with E-state index in [-0.39, 0.29) is 0 Å². The summed E-state index contributed by atoms with van der Waals surface area (Å²) in [5.74, 6) is 1.62. The Morgan fingerprint density at radius 1 is 1.25 bits per heavy atom. The highest BCUT2D eigenvalue weighted by Crippen LogP contribution is 2.37. The smallest absolute Gasteiger partial charge is 0.126 e. The molecule has 1 saturated carbocycles. The van der Waals surface area contributed by atoms with Crippen molar-refractivity contribution in [1.82, 2.24) is 0 Å². The molecule has 1 fully saturated rings. The third-order valence-corrected chi connectivity index (χ3v) is 4.59. The molecular weight excluding hydrogens is 250 g/mol. The summed E-state index contributed by atoms with van der Waals surface area (Å²) >= 11 is 0. The summed E-state index contributed by atoms with van der Waals surface area (Å²) in [5.41, 5.74) is 2.00.